The Kier molecular flexibility index (Phi) is 8.73. The molecule has 4 aliphatic rings. The highest BCUT2D eigenvalue weighted by Gasteiger charge is 2.63. The number of allylic oxidation sites excluding steroid dienone is 2. The zero-order valence-corrected chi connectivity index (χ0v) is 25.5. The molecule has 4 aliphatic carbocycles. The number of aliphatic hydroxyl groups is 1. The lowest BCUT2D eigenvalue weighted by Crippen LogP contribution is -2.54. The third-order valence-corrected chi connectivity index (χ3v) is 11.2. The van der Waals surface area contributed by atoms with Crippen LogP contribution in [-0.4, -0.2) is 58.5 Å². The maximum absolute atomic E-state index is 12.7. The number of oxime groups is 1. The Balaban J connectivity index is 1.20. The SMILES string of the molecule is C#C[C@@]1(O)CC[C@@H]2[C@H]3CCC4=CC(=NOCC(=O)N[C@H](Cc5ccc([O-])c(N(O)O)c5)C(=O)OC)CC[C@]4(C)[C@H]3CC[C@]21C. The van der Waals surface area contributed by atoms with Gasteiger partial charge in [0.25, 0.3) is 5.91 Å². The molecule has 0 radical (unpaired) electrons. The molecule has 7 atom stereocenters. The van der Waals surface area contributed by atoms with Crippen molar-refractivity contribution in [1.82, 2.24) is 5.32 Å². The second-order valence-electron chi connectivity index (χ2n) is 13.3. The van der Waals surface area contributed by atoms with Gasteiger partial charge in [-0.2, -0.15) is 0 Å². The van der Waals surface area contributed by atoms with Gasteiger partial charge in [0.05, 0.1) is 18.5 Å². The zero-order valence-electron chi connectivity index (χ0n) is 25.5. The topological polar surface area (TPSA) is 164 Å². The van der Waals surface area contributed by atoms with Crippen molar-refractivity contribution in [2.24, 2.45) is 33.7 Å². The van der Waals surface area contributed by atoms with Crippen molar-refractivity contribution in [2.45, 2.75) is 83.3 Å². The summed E-state index contributed by atoms with van der Waals surface area (Å²) in [5, 5.41) is 48.0. The van der Waals surface area contributed by atoms with Crippen LogP contribution in [0.5, 0.6) is 5.75 Å². The molecule has 0 aromatic heterocycles. The number of anilines is 1. The quantitative estimate of drug-likeness (QED) is 0.197. The van der Waals surface area contributed by atoms with Gasteiger partial charge in [-0.3, -0.25) is 15.2 Å². The van der Waals surface area contributed by atoms with E-state index in [1.807, 2.05) is 0 Å². The van der Waals surface area contributed by atoms with E-state index >= 15 is 0 Å². The van der Waals surface area contributed by atoms with Gasteiger partial charge in [-0.05, 0) is 92.2 Å². The monoisotopic (exact) mass is 608 g/mol. The van der Waals surface area contributed by atoms with E-state index in [9.17, 15) is 30.2 Å². The molecule has 5 rings (SSSR count). The van der Waals surface area contributed by atoms with E-state index in [0.717, 1.165) is 56.7 Å². The lowest BCUT2D eigenvalue weighted by molar-refractivity contribution is -0.268. The van der Waals surface area contributed by atoms with Crippen LogP contribution < -0.4 is 15.6 Å². The van der Waals surface area contributed by atoms with Gasteiger partial charge in [-0.25, -0.2) is 4.79 Å². The van der Waals surface area contributed by atoms with Gasteiger partial charge in [0.1, 0.15) is 11.6 Å². The average Bonchev–Trinajstić information content (AvgIpc) is 3.27. The number of esters is 1. The third kappa shape index (κ3) is 5.55. The number of fused-ring (bicyclic) bond motifs is 5. The van der Waals surface area contributed by atoms with Crippen LogP contribution in [0.3, 0.4) is 0 Å². The molecular formula is C33H42N3O8-. The Morgan fingerprint density at radius 1 is 1.18 bits per heavy atom. The fourth-order valence-electron chi connectivity index (χ4n) is 8.72. The molecular weight excluding hydrogens is 566 g/mol. The molecule has 11 heteroatoms. The van der Waals surface area contributed by atoms with Gasteiger partial charge in [0.2, 0.25) is 0 Å². The first-order valence-corrected chi connectivity index (χ1v) is 15.3. The van der Waals surface area contributed by atoms with Crippen molar-refractivity contribution in [3.8, 4) is 18.1 Å². The number of methoxy groups -OCH3 is 1. The van der Waals surface area contributed by atoms with Crippen molar-refractivity contribution in [2.75, 3.05) is 18.9 Å². The lowest BCUT2D eigenvalue weighted by Gasteiger charge is -2.58. The molecule has 3 fully saturated rings. The normalized spacial score (nSPS) is 34.0. The Morgan fingerprint density at radius 3 is 2.64 bits per heavy atom. The predicted octanol–water partition coefficient (Wildman–Crippen LogP) is 3.25. The first-order valence-electron chi connectivity index (χ1n) is 15.3. The molecule has 0 spiro atoms. The summed E-state index contributed by atoms with van der Waals surface area (Å²) in [7, 11) is 1.19. The second-order valence-corrected chi connectivity index (χ2v) is 13.3. The molecule has 238 valence electrons. The van der Waals surface area contributed by atoms with Crippen LogP contribution in [0.2, 0.25) is 0 Å². The number of nitrogens with zero attached hydrogens (tertiary/aromatic N) is 2. The highest BCUT2D eigenvalue weighted by Crippen LogP contribution is 2.67. The number of nitrogens with one attached hydrogen (secondary N) is 1. The van der Waals surface area contributed by atoms with E-state index in [0.29, 0.717) is 29.7 Å². The molecule has 44 heavy (non-hydrogen) atoms. The van der Waals surface area contributed by atoms with Crippen molar-refractivity contribution >= 4 is 23.3 Å². The van der Waals surface area contributed by atoms with Gasteiger partial charge < -0.3 is 25.1 Å². The minimum Gasteiger partial charge on any atom is -0.871 e. The minimum absolute atomic E-state index is 0.0527. The van der Waals surface area contributed by atoms with Crippen LogP contribution in [0.25, 0.3) is 0 Å². The molecule has 0 heterocycles. The Morgan fingerprint density at radius 2 is 1.93 bits per heavy atom. The Labute approximate surface area is 257 Å². The smallest absolute Gasteiger partial charge is 0.328 e. The number of terminal acetylenes is 1. The van der Waals surface area contributed by atoms with E-state index < -0.39 is 35.9 Å². The summed E-state index contributed by atoms with van der Waals surface area (Å²) in [4.78, 5) is 30.4. The van der Waals surface area contributed by atoms with Crippen molar-refractivity contribution in [3.63, 3.8) is 0 Å². The maximum Gasteiger partial charge on any atom is 0.328 e. The van der Waals surface area contributed by atoms with Crippen LogP contribution in [0.4, 0.5) is 5.69 Å². The molecule has 1 amide bonds. The highest BCUT2D eigenvalue weighted by molar-refractivity contribution is 5.96. The molecule has 0 bridgehead atoms. The first-order chi connectivity index (χ1) is 20.8. The van der Waals surface area contributed by atoms with Crippen LogP contribution in [0, 0.1) is 40.9 Å². The van der Waals surface area contributed by atoms with E-state index in [1.165, 1.54) is 24.8 Å². The Hall–Kier alpha value is -3.59. The summed E-state index contributed by atoms with van der Waals surface area (Å²) >= 11 is 0. The summed E-state index contributed by atoms with van der Waals surface area (Å²) in [6, 6.07) is 2.67. The number of benzene rings is 1. The van der Waals surface area contributed by atoms with Gasteiger partial charge in [-0.15, -0.1) is 11.6 Å². The van der Waals surface area contributed by atoms with Crippen LogP contribution in [-0.2, 0) is 25.6 Å². The Bertz CT molecular complexity index is 1400. The molecule has 1 aromatic carbocycles. The summed E-state index contributed by atoms with van der Waals surface area (Å²) in [6.45, 7) is 4.15. The van der Waals surface area contributed by atoms with Crippen molar-refractivity contribution in [1.29, 1.82) is 0 Å². The van der Waals surface area contributed by atoms with Crippen molar-refractivity contribution < 1.29 is 39.8 Å². The largest absolute Gasteiger partial charge is 0.871 e. The first kappa shape index (κ1) is 31.8. The summed E-state index contributed by atoms with van der Waals surface area (Å²) in [6.07, 6.45) is 15.2. The van der Waals surface area contributed by atoms with Crippen LogP contribution in [0.1, 0.15) is 70.8 Å². The highest BCUT2D eigenvalue weighted by atomic mass is 16.8. The summed E-state index contributed by atoms with van der Waals surface area (Å²) < 4.78 is 4.81. The van der Waals surface area contributed by atoms with E-state index in [-0.39, 0.29) is 28.2 Å². The van der Waals surface area contributed by atoms with E-state index in [4.69, 9.17) is 16.0 Å². The molecule has 0 saturated heterocycles. The molecule has 0 aliphatic heterocycles. The number of carbonyl (C=O) groups is 2. The molecule has 1 aromatic rings. The molecule has 3 saturated carbocycles. The van der Waals surface area contributed by atoms with Crippen molar-refractivity contribution in [3.05, 3.63) is 35.4 Å². The second kappa shape index (κ2) is 12.1. The van der Waals surface area contributed by atoms with Gasteiger partial charge >= 0.3 is 5.97 Å². The zero-order chi connectivity index (χ0) is 31.9. The number of rotatable bonds is 8. The van der Waals surface area contributed by atoms with E-state index in [1.54, 1.807) is 0 Å². The fourth-order valence-corrected chi connectivity index (χ4v) is 8.72. The third-order valence-electron chi connectivity index (χ3n) is 11.2. The van der Waals surface area contributed by atoms with Gasteiger partial charge in [0, 0.05) is 11.8 Å². The average molecular weight is 609 g/mol. The minimum atomic E-state index is -1.10. The number of hydrogen-bond acceptors (Lipinski definition) is 10. The maximum atomic E-state index is 12.7. The van der Waals surface area contributed by atoms with Crippen LogP contribution in [0.15, 0.2) is 35.0 Å². The van der Waals surface area contributed by atoms with E-state index in [2.05, 4.69) is 36.3 Å². The fraction of sp³-hybridized carbons (Fsp3) is 0.606. The molecule has 11 nitrogen and oxygen atoms in total. The standard InChI is InChI=1S/C33H43N3O8/c1-5-33(40)15-12-25-23-8-7-21-18-22(10-13-31(21,2)24(23)11-14-32(25,33)3)35-44-19-29(38)34-26(30(39)43-4)16-20-6-9-28(37)27(17-20)36(41)42/h1,6,9,17-18,23-26,37,40-42H,7-8,10-16,19H2,2-4H3,(H,34,38)/p-1/t23-,24-,25+,26+,31-,32+,33+/m0/s1. The number of amides is 1. The number of ether oxygens (including phenoxy) is 1. The predicted molar refractivity (Wildman–Crippen MR) is 158 cm³/mol. The van der Waals surface area contributed by atoms with Crippen LogP contribution >= 0.6 is 0 Å². The number of carbonyl (C=O) groups excluding carboxylic acids is 2. The molecule has 4 N–H and O–H groups in total. The lowest BCUT2D eigenvalue weighted by atomic mass is 9.46. The number of hydrogen-bond donors (Lipinski definition) is 4. The summed E-state index contributed by atoms with van der Waals surface area (Å²) in [5.74, 6) is 2.33. The summed E-state index contributed by atoms with van der Waals surface area (Å²) in [5.41, 5.74) is 0.967. The van der Waals surface area contributed by atoms with Gasteiger partial charge in [-0.1, -0.05) is 48.4 Å². The van der Waals surface area contributed by atoms with Gasteiger partial charge in [0.15, 0.2) is 6.61 Å². The molecule has 0 unspecified atom stereocenters.